The monoisotopic (exact) mass is 309 g/mol. The fourth-order valence-corrected chi connectivity index (χ4v) is 3.36. The second-order valence-electron chi connectivity index (χ2n) is 7.40. The Morgan fingerprint density at radius 2 is 1.91 bits per heavy atom. The molecule has 3 nitrogen and oxygen atoms in total. The summed E-state index contributed by atoms with van der Waals surface area (Å²) in [5, 5.41) is 0. The van der Waals surface area contributed by atoms with Gasteiger partial charge in [0.1, 0.15) is 0 Å². The lowest BCUT2D eigenvalue weighted by Crippen LogP contribution is -2.39. The lowest BCUT2D eigenvalue weighted by molar-refractivity contribution is -0.122. The molecule has 0 N–H and O–H groups in total. The SMILES string of the molecule is CC(C)(C)C(=O)/C=C/N1C2CC(c3ccccc3)C1C=CC2=O. The zero-order valence-electron chi connectivity index (χ0n) is 13.9. The average Bonchev–Trinajstić information content (AvgIpc) is 2.79. The van der Waals surface area contributed by atoms with Crippen LogP contribution in [0.2, 0.25) is 0 Å². The van der Waals surface area contributed by atoms with Crippen LogP contribution < -0.4 is 0 Å². The van der Waals surface area contributed by atoms with E-state index in [0.29, 0.717) is 5.92 Å². The van der Waals surface area contributed by atoms with Crippen molar-refractivity contribution in [3.8, 4) is 0 Å². The zero-order chi connectivity index (χ0) is 16.6. The molecule has 2 aliphatic rings. The summed E-state index contributed by atoms with van der Waals surface area (Å²) in [7, 11) is 0. The van der Waals surface area contributed by atoms with E-state index in [-0.39, 0.29) is 23.7 Å². The second-order valence-corrected chi connectivity index (χ2v) is 7.40. The topological polar surface area (TPSA) is 37.4 Å². The van der Waals surface area contributed by atoms with E-state index in [1.165, 1.54) is 5.56 Å². The van der Waals surface area contributed by atoms with Crippen molar-refractivity contribution in [1.29, 1.82) is 0 Å². The van der Waals surface area contributed by atoms with Crippen LogP contribution in [-0.2, 0) is 9.59 Å². The summed E-state index contributed by atoms with van der Waals surface area (Å²) in [6, 6.07) is 10.3. The lowest BCUT2D eigenvalue weighted by atomic mass is 9.90. The van der Waals surface area contributed by atoms with Crippen LogP contribution in [0.5, 0.6) is 0 Å². The molecule has 1 saturated heterocycles. The molecule has 0 aliphatic carbocycles. The molecule has 3 atom stereocenters. The number of carbonyl (C=O) groups excluding carboxylic acids is 2. The van der Waals surface area contributed by atoms with Gasteiger partial charge in [0, 0.05) is 17.5 Å². The molecule has 0 amide bonds. The van der Waals surface area contributed by atoms with Crippen molar-refractivity contribution in [1.82, 2.24) is 4.90 Å². The van der Waals surface area contributed by atoms with Crippen LogP contribution >= 0.6 is 0 Å². The number of ketones is 2. The highest BCUT2D eigenvalue weighted by molar-refractivity contribution is 5.97. The largest absolute Gasteiger partial charge is 0.360 e. The zero-order valence-corrected chi connectivity index (χ0v) is 13.9. The normalized spacial score (nSPS) is 27.0. The van der Waals surface area contributed by atoms with Gasteiger partial charge in [-0.05, 0) is 24.1 Å². The quantitative estimate of drug-likeness (QED) is 0.802. The Balaban J connectivity index is 1.87. The van der Waals surface area contributed by atoms with Gasteiger partial charge in [-0.1, -0.05) is 57.2 Å². The number of allylic oxidation sites excluding steroid dienone is 1. The Kier molecular flexibility index (Phi) is 3.97. The van der Waals surface area contributed by atoms with Gasteiger partial charge < -0.3 is 4.90 Å². The van der Waals surface area contributed by atoms with Crippen molar-refractivity contribution in [3.63, 3.8) is 0 Å². The van der Waals surface area contributed by atoms with E-state index < -0.39 is 5.41 Å². The highest BCUT2D eigenvalue weighted by atomic mass is 16.1. The van der Waals surface area contributed by atoms with Gasteiger partial charge in [-0.15, -0.1) is 0 Å². The maximum atomic E-state index is 12.2. The summed E-state index contributed by atoms with van der Waals surface area (Å²) in [6.07, 6.45) is 7.94. The smallest absolute Gasteiger partial charge is 0.177 e. The Bertz CT molecular complexity index is 667. The van der Waals surface area contributed by atoms with E-state index in [4.69, 9.17) is 0 Å². The molecule has 3 heteroatoms. The highest BCUT2D eigenvalue weighted by Gasteiger charge is 2.44. The van der Waals surface area contributed by atoms with Crippen molar-refractivity contribution in [2.75, 3.05) is 0 Å². The van der Waals surface area contributed by atoms with Crippen LogP contribution in [0.25, 0.3) is 0 Å². The maximum Gasteiger partial charge on any atom is 0.177 e. The van der Waals surface area contributed by atoms with Crippen molar-refractivity contribution >= 4 is 11.6 Å². The lowest BCUT2D eigenvalue weighted by Gasteiger charge is -2.30. The molecule has 0 saturated carbocycles. The first-order valence-electron chi connectivity index (χ1n) is 8.15. The molecule has 1 aromatic rings. The van der Waals surface area contributed by atoms with E-state index >= 15 is 0 Å². The van der Waals surface area contributed by atoms with Crippen LogP contribution in [0.1, 0.15) is 38.7 Å². The minimum Gasteiger partial charge on any atom is -0.360 e. The molecule has 0 aromatic heterocycles. The van der Waals surface area contributed by atoms with Gasteiger partial charge in [-0.25, -0.2) is 0 Å². The van der Waals surface area contributed by atoms with Gasteiger partial charge in [-0.3, -0.25) is 9.59 Å². The minimum absolute atomic E-state index is 0.0789. The third-order valence-corrected chi connectivity index (χ3v) is 4.74. The molecular formula is C20H23NO2. The molecule has 3 rings (SSSR count). The molecule has 2 bridgehead atoms. The predicted molar refractivity (Wildman–Crippen MR) is 91.0 cm³/mol. The first kappa shape index (κ1) is 15.7. The van der Waals surface area contributed by atoms with Gasteiger partial charge >= 0.3 is 0 Å². The van der Waals surface area contributed by atoms with Crippen LogP contribution in [0.3, 0.4) is 0 Å². The summed E-state index contributed by atoms with van der Waals surface area (Å²) >= 11 is 0. The number of benzene rings is 1. The molecule has 120 valence electrons. The third-order valence-electron chi connectivity index (χ3n) is 4.74. The fraction of sp³-hybridized carbons (Fsp3) is 0.400. The first-order chi connectivity index (χ1) is 10.9. The van der Waals surface area contributed by atoms with E-state index in [1.54, 1.807) is 12.2 Å². The number of hydrogen-bond acceptors (Lipinski definition) is 3. The Labute approximate surface area is 137 Å². The van der Waals surface area contributed by atoms with Crippen LogP contribution in [0.15, 0.2) is 54.8 Å². The van der Waals surface area contributed by atoms with Crippen molar-refractivity contribution in [2.24, 2.45) is 5.41 Å². The van der Waals surface area contributed by atoms with Gasteiger partial charge in [0.05, 0.1) is 12.1 Å². The van der Waals surface area contributed by atoms with Gasteiger partial charge in [0.15, 0.2) is 11.6 Å². The maximum absolute atomic E-state index is 12.2. The van der Waals surface area contributed by atoms with Gasteiger partial charge in [0.2, 0.25) is 0 Å². The molecule has 0 spiro atoms. The molecule has 1 aromatic carbocycles. The van der Waals surface area contributed by atoms with Crippen molar-refractivity contribution in [3.05, 3.63) is 60.3 Å². The molecule has 0 radical (unpaired) electrons. The van der Waals surface area contributed by atoms with Gasteiger partial charge in [0.25, 0.3) is 0 Å². The second kappa shape index (κ2) is 5.80. The number of nitrogens with zero attached hydrogens (tertiary/aromatic N) is 1. The van der Waals surface area contributed by atoms with Crippen LogP contribution in [0.4, 0.5) is 0 Å². The Morgan fingerprint density at radius 1 is 1.22 bits per heavy atom. The molecule has 23 heavy (non-hydrogen) atoms. The first-order valence-corrected chi connectivity index (χ1v) is 8.15. The van der Waals surface area contributed by atoms with E-state index in [0.717, 1.165) is 6.42 Å². The Hall–Kier alpha value is -2.16. The standard InChI is InChI=1S/C20H23NO2/c1-20(2,3)19(23)11-12-21-16-9-10-18(22)17(21)13-15(16)14-7-5-4-6-8-14/h4-12,15-17H,13H2,1-3H3/b12-11+. The highest BCUT2D eigenvalue weighted by Crippen LogP contribution is 2.41. The molecule has 3 unspecified atom stereocenters. The third kappa shape index (κ3) is 3.00. The fourth-order valence-electron chi connectivity index (χ4n) is 3.36. The summed E-state index contributed by atoms with van der Waals surface area (Å²) in [4.78, 5) is 26.5. The molecular weight excluding hydrogens is 286 g/mol. The summed E-state index contributed by atoms with van der Waals surface area (Å²) in [6.45, 7) is 5.72. The van der Waals surface area contributed by atoms with E-state index in [1.807, 2.05) is 51.2 Å². The van der Waals surface area contributed by atoms with E-state index in [2.05, 4.69) is 17.0 Å². The Morgan fingerprint density at radius 3 is 2.57 bits per heavy atom. The summed E-state index contributed by atoms with van der Waals surface area (Å²) < 4.78 is 0. The molecule has 1 fully saturated rings. The number of fused-ring (bicyclic) bond motifs is 2. The van der Waals surface area contributed by atoms with Crippen LogP contribution in [-0.4, -0.2) is 28.6 Å². The van der Waals surface area contributed by atoms with Crippen molar-refractivity contribution in [2.45, 2.75) is 45.2 Å². The summed E-state index contributed by atoms with van der Waals surface area (Å²) in [5.74, 6) is 0.501. The number of hydrogen-bond donors (Lipinski definition) is 0. The van der Waals surface area contributed by atoms with Gasteiger partial charge in [-0.2, -0.15) is 0 Å². The molecule has 2 aliphatic heterocycles. The number of carbonyl (C=O) groups is 2. The number of rotatable bonds is 3. The average molecular weight is 309 g/mol. The predicted octanol–water partition coefficient (Wildman–Crippen LogP) is 3.48. The molecule has 2 heterocycles. The minimum atomic E-state index is -0.399. The van der Waals surface area contributed by atoms with E-state index in [9.17, 15) is 9.59 Å². The van der Waals surface area contributed by atoms with Crippen molar-refractivity contribution < 1.29 is 9.59 Å². The summed E-state index contributed by atoms with van der Waals surface area (Å²) in [5.41, 5.74) is 0.851. The van der Waals surface area contributed by atoms with Crippen LogP contribution in [0, 0.1) is 5.41 Å².